The molecule has 6 aromatic rings. The fourth-order valence-electron chi connectivity index (χ4n) is 11.5. The van der Waals surface area contributed by atoms with E-state index in [0.29, 0.717) is 11.8 Å². The van der Waals surface area contributed by atoms with Crippen molar-refractivity contribution in [3.05, 3.63) is 167 Å². The van der Waals surface area contributed by atoms with Crippen LogP contribution < -0.4 is 5.32 Å². The standard InChI is InChI=1S/C54H48N4O/c1-54(2)43-23-11-9-20-38(43)49-40(21-13-24-44(49)54)52-55-51(34-17-7-4-8-18-34)56-53(57-52)41-22-14-26-47-50(41)39-29-28-36(32-48(39)59-47)58-45-25-12-10-19-37(45)42-31-35(27-30-46(42)58)33-15-5-3-6-16-33/h3-8,11-12,14-17,21-23,25-32,34,44,49,52H,9-10,13,18-20,24H2,1-2H3,(H,55,56,57). The number of amidine groups is 2. The predicted octanol–water partition coefficient (Wildman–Crippen LogP) is 13.0. The molecule has 6 aliphatic rings. The third-order valence-electron chi connectivity index (χ3n) is 14.3. The summed E-state index contributed by atoms with van der Waals surface area (Å²) in [6.45, 7) is 4.95. The summed E-state index contributed by atoms with van der Waals surface area (Å²) in [5, 5.41) is 7.46. The summed E-state index contributed by atoms with van der Waals surface area (Å²) >= 11 is 0. The van der Waals surface area contributed by atoms with Gasteiger partial charge in [-0.05, 0) is 121 Å². The van der Waals surface area contributed by atoms with Crippen molar-refractivity contribution in [1.29, 1.82) is 0 Å². The molecule has 3 heterocycles. The van der Waals surface area contributed by atoms with Gasteiger partial charge in [-0.2, -0.15) is 0 Å². The first kappa shape index (κ1) is 34.8. The zero-order valence-corrected chi connectivity index (χ0v) is 33.8. The Morgan fingerprint density at radius 1 is 0.797 bits per heavy atom. The van der Waals surface area contributed by atoms with E-state index in [0.717, 1.165) is 83.4 Å². The molecule has 1 aliphatic heterocycles. The second-order valence-corrected chi connectivity index (χ2v) is 17.8. The van der Waals surface area contributed by atoms with Crippen molar-refractivity contribution in [3.8, 4) is 16.8 Å². The van der Waals surface area contributed by atoms with Crippen LogP contribution in [-0.2, 0) is 6.42 Å². The summed E-state index contributed by atoms with van der Waals surface area (Å²) in [4.78, 5) is 10.9. The summed E-state index contributed by atoms with van der Waals surface area (Å²) in [6, 6.07) is 30.8. The average molecular weight is 769 g/mol. The molecular formula is C54H48N4O. The van der Waals surface area contributed by atoms with Crippen LogP contribution in [0.25, 0.3) is 55.7 Å². The van der Waals surface area contributed by atoms with E-state index in [4.69, 9.17) is 14.4 Å². The molecule has 5 heteroatoms. The van der Waals surface area contributed by atoms with Crippen LogP contribution in [0, 0.1) is 23.2 Å². The van der Waals surface area contributed by atoms with Gasteiger partial charge in [0.15, 0.2) is 0 Å². The fourth-order valence-corrected chi connectivity index (χ4v) is 11.5. The smallest absolute Gasteiger partial charge is 0.144 e. The summed E-state index contributed by atoms with van der Waals surface area (Å²) in [5.74, 6) is 2.90. The highest BCUT2D eigenvalue weighted by molar-refractivity contribution is 6.20. The maximum absolute atomic E-state index is 6.79. The van der Waals surface area contributed by atoms with E-state index in [-0.39, 0.29) is 17.5 Å². The van der Waals surface area contributed by atoms with Crippen molar-refractivity contribution in [3.63, 3.8) is 0 Å². The Kier molecular flexibility index (Phi) is 7.92. The SMILES string of the molecule is CC1(C)C2=C(CCC=C2)C2C(C3N=C(C4C=CC=CC4)N=C(c4cccc5oc6cc(-n7c8c(c9cc(-c%10ccccc%10)ccc97)CCC=C8)ccc6c45)N3)=CCCC21. The molecule has 5 aliphatic carbocycles. The molecule has 12 rings (SSSR count). The summed E-state index contributed by atoms with van der Waals surface area (Å²) in [6.07, 6.45) is 28.1. The van der Waals surface area contributed by atoms with Crippen molar-refractivity contribution in [2.45, 2.75) is 65.0 Å². The molecule has 1 N–H and O–H groups in total. The summed E-state index contributed by atoms with van der Waals surface area (Å²) < 4.78 is 9.22. The molecule has 290 valence electrons. The highest BCUT2D eigenvalue weighted by Gasteiger charge is 2.50. The molecule has 0 amide bonds. The number of furan rings is 1. The number of hydrogen-bond acceptors (Lipinski definition) is 4. The van der Waals surface area contributed by atoms with Gasteiger partial charge < -0.3 is 14.3 Å². The molecule has 0 saturated heterocycles. The molecule has 0 fully saturated rings. The molecule has 0 spiro atoms. The van der Waals surface area contributed by atoms with Gasteiger partial charge in [-0.25, -0.2) is 9.98 Å². The quantitative estimate of drug-likeness (QED) is 0.178. The first-order chi connectivity index (χ1) is 29.0. The molecule has 2 aromatic heterocycles. The first-order valence-corrected chi connectivity index (χ1v) is 21.7. The minimum absolute atomic E-state index is 0.134. The molecule has 0 saturated carbocycles. The number of allylic oxidation sites excluding steroid dienone is 9. The lowest BCUT2D eigenvalue weighted by Crippen LogP contribution is -2.44. The van der Waals surface area contributed by atoms with Gasteiger partial charge in [0.25, 0.3) is 0 Å². The van der Waals surface area contributed by atoms with E-state index in [9.17, 15) is 0 Å². The van der Waals surface area contributed by atoms with Gasteiger partial charge in [0.2, 0.25) is 0 Å². The maximum atomic E-state index is 6.79. The van der Waals surface area contributed by atoms with E-state index in [1.54, 1.807) is 11.1 Å². The maximum Gasteiger partial charge on any atom is 0.144 e. The Labute approximate surface area is 345 Å². The van der Waals surface area contributed by atoms with Crippen molar-refractivity contribution >= 4 is 50.6 Å². The number of benzene rings is 4. The van der Waals surface area contributed by atoms with Gasteiger partial charge in [0, 0.05) is 51.0 Å². The average Bonchev–Trinajstić information content (AvgIpc) is 3.91. The number of aromatic nitrogens is 1. The fraction of sp³-hybridized carbons (Fsp3) is 0.259. The minimum Gasteiger partial charge on any atom is -0.456 e. The molecule has 0 radical (unpaired) electrons. The van der Waals surface area contributed by atoms with Crippen LogP contribution in [0.1, 0.15) is 69.2 Å². The molecule has 59 heavy (non-hydrogen) atoms. The Morgan fingerprint density at radius 3 is 2.59 bits per heavy atom. The van der Waals surface area contributed by atoms with Gasteiger partial charge in [0.05, 0.1) is 5.52 Å². The summed E-state index contributed by atoms with van der Waals surface area (Å²) in [5.41, 5.74) is 15.1. The monoisotopic (exact) mass is 768 g/mol. The zero-order chi connectivity index (χ0) is 39.2. The van der Waals surface area contributed by atoms with E-state index >= 15 is 0 Å². The topological polar surface area (TPSA) is 54.8 Å². The number of aryl methyl sites for hydroxylation is 1. The predicted molar refractivity (Wildman–Crippen MR) is 244 cm³/mol. The second-order valence-electron chi connectivity index (χ2n) is 17.8. The molecule has 4 unspecified atom stereocenters. The molecule has 4 aromatic carbocycles. The van der Waals surface area contributed by atoms with Gasteiger partial charge >= 0.3 is 0 Å². The van der Waals surface area contributed by atoms with Crippen LogP contribution >= 0.6 is 0 Å². The Bertz CT molecular complexity index is 2990. The highest BCUT2D eigenvalue weighted by Crippen LogP contribution is 2.59. The van der Waals surface area contributed by atoms with Crippen LogP contribution in [0.15, 0.2) is 165 Å². The van der Waals surface area contributed by atoms with Crippen molar-refractivity contribution < 1.29 is 4.42 Å². The number of nitrogens with one attached hydrogen (secondary N) is 1. The number of hydrogen-bond donors (Lipinski definition) is 1. The normalized spacial score (nSPS) is 24.2. The Morgan fingerprint density at radius 2 is 1.69 bits per heavy atom. The molecule has 4 atom stereocenters. The van der Waals surface area contributed by atoms with Crippen LogP contribution in [0.3, 0.4) is 0 Å². The third kappa shape index (κ3) is 5.43. The first-order valence-electron chi connectivity index (χ1n) is 21.7. The lowest BCUT2D eigenvalue weighted by Gasteiger charge is -2.39. The molecular weight excluding hydrogens is 721 g/mol. The van der Waals surface area contributed by atoms with Crippen LogP contribution in [0.4, 0.5) is 0 Å². The zero-order valence-electron chi connectivity index (χ0n) is 33.8. The Balaban J connectivity index is 0.965. The minimum atomic E-state index is -0.179. The van der Waals surface area contributed by atoms with Crippen LogP contribution in [0.5, 0.6) is 0 Å². The van der Waals surface area contributed by atoms with E-state index < -0.39 is 0 Å². The largest absolute Gasteiger partial charge is 0.456 e. The van der Waals surface area contributed by atoms with Gasteiger partial charge in [0.1, 0.15) is 29.0 Å². The number of fused-ring (bicyclic) bond motifs is 8. The van der Waals surface area contributed by atoms with Crippen molar-refractivity contribution in [2.75, 3.05) is 0 Å². The van der Waals surface area contributed by atoms with E-state index in [2.05, 4.69) is 163 Å². The third-order valence-corrected chi connectivity index (χ3v) is 14.3. The van der Waals surface area contributed by atoms with Crippen molar-refractivity contribution in [2.24, 2.45) is 33.2 Å². The van der Waals surface area contributed by atoms with E-state index in [1.165, 1.54) is 45.3 Å². The van der Waals surface area contributed by atoms with Crippen molar-refractivity contribution in [1.82, 2.24) is 9.88 Å². The number of rotatable bonds is 5. The molecule has 0 bridgehead atoms. The van der Waals surface area contributed by atoms with Gasteiger partial charge in [-0.15, -0.1) is 0 Å². The van der Waals surface area contributed by atoms with Gasteiger partial charge in [-0.3, -0.25) is 0 Å². The second kappa shape index (κ2) is 13.4. The highest BCUT2D eigenvalue weighted by atomic mass is 16.3. The van der Waals surface area contributed by atoms with Gasteiger partial charge in [-0.1, -0.05) is 117 Å². The van der Waals surface area contributed by atoms with E-state index in [1.807, 2.05) is 0 Å². The number of aliphatic imine (C=N–C) groups is 2. The number of nitrogens with zero attached hydrogens (tertiary/aromatic N) is 3. The lowest BCUT2D eigenvalue weighted by atomic mass is 9.67. The van der Waals surface area contributed by atoms with Crippen LogP contribution in [0.2, 0.25) is 0 Å². The molecule has 5 nitrogen and oxygen atoms in total. The lowest BCUT2D eigenvalue weighted by molar-refractivity contribution is 0.224. The van der Waals surface area contributed by atoms with Crippen LogP contribution in [-0.4, -0.2) is 22.4 Å². The Hall–Kier alpha value is -6.20. The summed E-state index contributed by atoms with van der Waals surface area (Å²) in [7, 11) is 0.